The van der Waals surface area contributed by atoms with Crippen molar-refractivity contribution in [2.75, 3.05) is 18.9 Å². The number of hydrogen-bond acceptors (Lipinski definition) is 2. The van der Waals surface area contributed by atoms with Gasteiger partial charge in [-0.25, -0.2) is 0 Å². The highest BCUT2D eigenvalue weighted by Gasteiger charge is 2.15. The van der Waals surface area contributed by atoms with Crippen LogP contribution in [0, 0.1) is 5.92 Å². The van der Waals surface area contributed by atoms with Crippen LogP contribution in [0.3, 0.4) is 0 Å². The smallest absolute Gasteiger partial charge is 0.0373 e. The second-order valence-corrected chi connectivity index (χ2v) is 5.57. The van der Waals surface area contributed by atoms with Crippen molar-refractivity contribution in [1.29, 1.82) is 0 Å². The van der Waals surface area contributed by atoms with Crippen molar-refractivity contribution in [2.24, 2.45) is 5.92 Å². The summed E-state index contributed by atoms with van der Waals surface area (Å²) in [4.78, 5) is 2.44. The van der Waals surface area contributed by atoms with Crippen LogP contribution in [0.5, 0.6) is 0 Å². The Balaban J connectivity index is 2.04. The zero-order valence-electron chi connectivity index (χ0n) is 11.5. The minimum absolute atomic E-state index is 0.626. The molecule has 2 rings (SSSR count). The minimum Gasteiger partial charge on any atom is -0.384 e. The fourth-order valence-electron chi connectivity index (χ4n) is 2.40. The monoisotopic (exact) mass is 232 g/mol. The van der Waals surface area contributed by atoms with Gasteiger partial charge in [0.1, 0.15) is 0 Å². The number of anilines is 1. The normalized spacial score (nSPS) is 16.1. The highest BCUT2D eigenvalue weighted by molar-refractivity contribution is 5.56. The van der Waals surface area contributed by atoms with Crippen LogP contribution in [0.4, 0.5) is 5.69 Å². The first kappa shape index (κ1) is 12.4. The molecule has 2 heteroatoms. The summed E-state index contributed by atoms with van der Waals surface area (Å²) in [7, 11) is 2.22. The van der Waals surface area contributed by atoms with Gasteiger partial charge in [0, 0.05) is 24.8 Å². The van der Waals surface area contributed by atoms with Crippen LogP contribution >= 0.6 is 0 Å². The maximum absolute atomic E-state index is 3.41. The first-order chi connectivity index (χ1) is 8.08. The van der Waals surface area contributed by atoms with Crippen molar-refractivity contribution >= 4 is 5.69 Å². The van der Waals surface area contributed by atoms with Crippen LogP contribution in [-0.2, 0) is 13.0 Å². The summed E-state index contributed by atoms with van der Waals surface area (Å²) in [5.74, 6) is 0.705. The maximum Gasteiger partial charge on any atom is 0.0373 e. The van der Waals surface area contributed by atoms with Crippen LogP contribution in [0.15, 0.2) is 18.2 Å². The molecule has 0 saturated heterocycles. The Kier molecular flexibility index (Phi) is 3.72. The molecule has 0 spiro atoms. The molecule has 0 saturated carbocycles. The molecule has 1 aliphatic rings. The van der Waals surface area contributed by atoms with Gasteiger partial charge in [-0.1, -0.05) is 26.0 Å². The summed E-state index contributed by atoms with van der Waals surface area (Å²) in [6.07, 6.45) is 1.17. The van der Waals surface area contributed by atoms with E-state index in [0.717, 1.165) is 13.1 Å². The fourth-order valence-corrected chi connectivity index (χ4v) is 2.40. The average molecular weight is 232 g/mol. The van der Waals surface area contributed by atoms with Crippen molar-refractivity contribution in [2.45, 2.75) is 39.8 Å². The molecule has 0 aliphatic carbocycles. The lowest BCUT2D eigenvalue weighted by molar-refractivity contribution is 0.200. The molecule has 1 aromatic carbocycles. The van der Waals surface area contributed by atoms with E-state index in [1.165, 1.54) is 23.2 Å². The SMILES string of the molecule is CC(C)C(C)N(C)Cc1ccc2c(c1)CCN2. The standard InChI is InChI=1S/C15H24N2/c1-11(2)12(3)17(4)10-13-5-6-15-14(9-13)7-8-16-15/h5-6,9,11-12,16H,7-8,10H2,1-4H3. The van der Waals surface area contributed by atoms with Crippen LogP contribution in [-0.4, -0.2) is 24.5 Å². The van der Waals surface area contributed by atoms with Crippen molar-refractivity contribution in [3.63, 3.8) is 0 Å². The van der Waals surface area contributed by atoms with Crippen molar-refractivity contribution in [3.05, 3.63) is 29.3 Å². The first-order valence-corrected chi connectivity index (χ1v) is 6.64. The fraction of sp³-hybridized carbons (Fsp3) is 0.600. The lowest BCUT2D eigenvalue weighted by Gasteiger charge is -2.28. The summed E-state index contributed by atoms with van der Waals surface area (Å²) in [5, 5.41) is 3.41. The zero-order chi connectivity index (χ0) is 12.4. The van der Waals surface area contributed by atoms with E-state index in [0.29, 0.717) is 12.0 Å². The molecule has 0 fully saturated rings. The van der Waals surface area contributed by atoms with Gasteiger partial charge in [-0.2, -0.15) is 0 Å². The molecule has 0 radical (unpaired) electrons. The Morgan fingerprint density at radius 2 is 2.06 bits per heavy atom. The number of hydrogen-bond donors (Lipinski definition) is 1. The molecule has 1 unspecified atom stereocenters. The van der Waals surface area contributed by atoms with Gasteiger partial charge in [-0.15, -0.1) is 0 Å². The van der Waals surface area contributed by atoms with Gasteiger partial charge < -0.3 is 5.32 Å². The summed E-state index contributed by atoms with van der Waals surface area (Å²) >= 11 is 0. The van der Waals surface area contributed by atoms with Crippen LogP contribution in [0.1, 0.15) is 31.9 Å². The van der Waals surface area contributed by atoms with Gasteiger partial charge in [0.25, 0.3) is 0 Å². The zero-order valence-corrected chi connectivity index (χ0v) is 11.5. The summed E-state index contributed by atoms with van der Waals surface area (Å²) in [5.41, 5.74) is 4.24. The van der Waals surface area contributed by atoms with E-state index in [2.05, 4.69) is 56.2 Å². The minimum atomic E-state index is 0.626. The van der Waals surface area contributed by atoms with E-state index in [1.807, 2.05) is 0 Å². The van der Waals surface area contributed by atoms with Gasteiger partial charge in [-0.05, 0) is 43.5 Å². The molecule has 1 aliphatic heterocycles. The number of benzene rings is 1. The number of rotatable bonds is 4. The Hall–Kier alpha value is -1.02. The van der Waals surface area contributed by atoms with E-state index in [-0.39, 0.29) is 0 Å². The molecule has 1 N–H and O–H groups in total. The molecule has 0 amide bonds. The van der Waals surface area contributed by atoms with Gasteiger partial charge in [0.15, 0.2) is 0 Å². The Labute approximate surface area is 105 Å². The first-order valence-electron chi connectivity index (χ1n) is 6.64. The molecular weight excluding hydrogens is 208 g/mol. The van der Waals surface area contributed by atoms with E-state index in [1.54, 1.807) is 0 Å². The van der Waals surface area contributed by atoms with Crippen LogP contribution in [0.25, 0.3) is 0 Å². The second kappa shape index (κ2) is 5.09. The highest BCUT2D eigenvalue weighted by Crippen LogP contribution is 2.24. The largest absolute Gasteiger partial charge is 0.384 e. The molecule has 94 valence electrons. The molecule has 0 aromatic heterocycles. The van der Waals surface area contributed by atoms with Crippen molar-refractivity contribution in [1.82, 2.24) is 4.90 Å². The maximum atomic E-state index is 3.41. The van der Waals surface area contributed by atoms with Gasteiger partial charge in [0.2, 0.25) is 0 Å². The number of fused-ring (bicyclic) bond motifs is 1. The van der Waals surface area contributed by atoms with E-state index < -0.39 is 0 Å². The van der Waals surface area contributed by atoms with Crippen molar-refractivity contribution in [3.8, 4) is 0 Å². The van der Waals surface area contributed by atoms with Crippen molar-refractivity contribution < 1.29 is 0 Å². The van der Waals surface area contributed by atoms with E-state index >= 15 is 0 Å². The third-order valence-electron chi connectivity index (χ3n) is 3.97. The van der Waals surface area contributed by atoms with Gasteiger partial charge in [-0.3, -0.25) is 4.90 Å². The van der Waals surface area contributed by atoms with Crippen LogP contribution in [0.2, 0.25) is 0 Å². The summed E-state index contributed by atoms with van der Waals surface area (Å²) in [6.45, 7) is 9.02. The highest BCUT2D eigenvalue weighted by atomic mass is 15.1. The third-order valence-corrected chi connectivity index (χ3v) is 3.97. The van der Waals surface area contributed by atoms with Crippen LogP contribution < -0.4 is 5.32 Å². The Morgan fingerprint density at radius 3 is 2.76 bits per heavy atom. The van der Waals surface area contributed by atoms with E-state index in [4.69, 9.17) is 0 Å². The Bertz CT molecular complexity index is 385. The Morgan fingerprint density at radius 1 is 1.29 bits per heavy atom. The molecule has 1 atom stereocenters. The molecular formula is C15H24N2. The molecule has 1 aromatic rings. The molecule has 2 nitrogen and oxygen atoms in total. The topological polar surface area (TPSA) is 15.3 Å². The lowest BCUT2D eigenvalue weighted by atomic mass is 10.0. The molecule has 17 heavy (non-hydrogen) atoms. The summed E-state index contributed by atoms with van der Waals surface area (Å²) in [6, 6.07) is 7.46. The summed E-state index contributed by atoms with van der Waals surface area (Å²) < 4.78 is 0. The lowest BCUT2D eigenvalue weighted by Crippen LogP contribution is -2.32. The number of nitrogens with zero attached hydrogens (tertiary/aromatic N) is 1. The van der Waals surface area contributed by atoms with E-state index in [9.17, 15) is 0 Å². The predicted molar refractivity (Wildman–Crippen MR) is 74.4 cm³/mol. The molecule has 0 bridgehead atoms. The third kappa shape index (κ3) is 2.81. The average Bonchev–Trinajstić information content (AvgIpc) is 2.74. The number of nitrogens with one attached hydrogen (secondary N) is 1. The van der Waals surface area contributed by atoms with Gasteiger partial charge in [0.05, 0.1) is 0 Å². The predicted octanol–water partition coefficient (Wildman–Crippen LogP) is 3.13. The molecule has 1 heterocycles. The quantitative estimate of drug-likeness (QED) is 0.858. The second-order valence-electron chi connectivity index (χ2n) is 5.57. The van der Waals surface area contributed by atoms with Gasteiger partial charge >= 0.3 is 0 Å².